The highest BCUT2D eigenvalue weighted by Gasteiger charge is 2.45. The van der Waals surface area contributed by atoms with E-state index in [0.717, 1.165) is 29.0 Å². The van der Waals surface area contributed by atoms with Crippen molar-refractivity contribution < 1.29 is 18.7 Å². The molecule has 4 rings (SSSR count). The van der Waals surface area contributed by atoms with Crippen LogP contribution in [0.5, 0.6) is 0 Å². The minimum Gasteiger partial charge on any atom is -0.381 e. The van der Waals surface area contributed by atoms with E-state index in [1.54, 1.807) is 11.8 Å². The summed E-state index contributed by atoms with van der Waals surface area (Å²) >= 11 is 1.14. The largest absolute Gasteiger partial charge is 0.381 e. The molecule has 4 nitrogen and oxygen atoms in total. The van der Waals surface area contributed by atoms with Gasteiger partial charge >= 0.3 is 0 Å². The standard InChI is InChI=1S/C20H16F2N2O2S/c1-12-17(27-18(23-12)13-7-8-15(21)16(22)9-13)19(25)24-10-20(26,11-24)14-5-3-2-4-6-14/h2-9,26H,10-11H2,1H3. The van der Waals surface area contributed by atoms with Crippen molar-refractivity contribution in [3.63, 3.8) is 0 Å². The molecule has 1 aliphatic rings. The second-order valence-electron chi connectivity index (χ2n) is 6.62. The van der Waals surface area contributed by atoms with Crippen LogP contribution in [-0.4, -0.2) is 34.0 Å². The van der Waals surface area contributed by atoms with Gasteiger partial charge in [0.1, 0.15) is 15.5 Å². The number of benzene rings is 2. The molecule has 0 aliphatic carbocycles. The zero-order valence-electron chi connectivity index (χ0n) is 14.4. The number of aromatic nitrogens is 1. The predicted molar refractivity (Wildman–Crippen MR) is 98.4 cm³/mol. The van der Waals surface area contributed by atoms with Crippen molar-refractivity contribution in [1.82, 2.24) is 9.88 Å². The summed E-state index contributed by atoms with van der Waals surface area (Å²) < 4.78 is 26.6. The van der Waals surface area contributed by atoms with E-state index in [9.17, 15) is 18.7 Å². The summed E-state index contributed by atoms with van der Waals surface area (Å²) in [5, 5.41) is 11.1. The molecule has 2 heterocycles. The lowest BCUT2D eigenvalue weighted by atomic mass is 9.86. The fraction of sp³-hybridized carbons (Fsp3) is 0.200. The normalized spacial score (nSPS) is 15.5. The van der Waals surface area contributed by atoms with Gasteiger partial charge in [0, 0.05) is 5.56 Å². The Morgan fingerprint density at radius 2 is 1.85 bits per heavy atom. The molecule has 0 bridgehead atoms. The van der Waals surface area contributed by atoms with Gasteiger partial charge in [-0.2, -0.15) is 0 Å². The van der Waals surface area contributed by atoms with Gasteiger partial charge in [-0.25, -0.2) is 13.8 Å². The molecular weight excluding hydrogens is 370 g/mol. The Morgan fingerprint density at radius 1 is 1.15 bits per heavy atom. The Balaban J connectivity index is 1.54. The third-order valence-electron chi connectivity index (χ3n) is 4.66. The highest BCUT2D eigenvalue weighted by Crippen LogP contribution is 2.35. The summed E-state index contributed by atoms with van der Waals surface area (Å²) in [6.07, 6.45) is 0. The second kappa shape index (κ2) is 6.51. The van der Waals surface area contributed by atoms with Crippen molar-refractivity contribution in [3.05, 3.63) is 76.3 Å². The first-order valence-corrected chi connectivity index (χ1v) is 9.19. The predicted octanol–water partition coefficient (Wildman–Crippen LogP) is 3.74. The first-order chi connectivity index (χ1) is 12.9. The van der Waals surface area contributed by atoms with E-state index in [-0.39, 0.29) is 19.0 Å². The molecule has 7 heteroatoms. The monoisotopic (exact) mass is 386 g/mol. The number of amides is 1. The summed E-state index contributed by atoms with van der Waals surface area (Å²) in [7, 11) is 0. The first kappa shape index (κ1) is 17.8. The molecular formula is C20H16F2N2O2S. The van der Waals surface area contributed by atoms with Crippen LogP contribution in [0.3, 0.4) is 0 Å². The quantitative estimate of drug-likeness (QED) is 0.746. The SMILES string of the molecule is Cc1nc(-c2ccc(F)c(F)c2)sc1C(=O)N1CC(O)(c2ccccc2)C1. The van der Waals surface area contributed by atoms with Crippen molar-refractivity contribution in [2.75, 3.05) is 13.1 Å². The molecule has 27 heavy (non-hydrogen) atoms. The van der Waals surface area contributed by atoms with Gasteiger partial charge < -0.3 is 10.0 Å². The van der Waals surface area contributed by atoms with E-state index < -0.39 is 17.2 Å². The molecule has 3 aromatic rings. The van der Waals surface area contributed by atoms with E-state index in [4.69, 9.17) is 0 Å². The van der Waals surface area contributed by atoms with Gasteiger partial charge in [0.2, 0.25) is 0 Å². The van der Waals surface area contributed by atoms with Crippen molar-refractivity contribution in [2.45, 2.75) is 12.5 Å². The van der Waals surface area contributed by atoms with Gasteiger partial charge in [0.05, 0.1) is 18.8 Å². The third kappa shape index (κ3) is 3.13. The number of hydrogen-bond acceptors (Lipinski definition) is 4. The van der Waals surface area contributed by atoms with Crippen LogP contribution in [0.4, 0.5) is 8.78 Å². The van der Waals surface area contributed by atoms with Gasteiger partial charge in [-0.15, -0.1) is 11.3 Å². The number of hydrogen-bond donors (Lipinski definition) is 1. The number of halogens is 2. The molecule has 1 fully saturated rings. The zero-order valence-corrected chi connectivity index (χ0v) is 15.3. The highest BCUT2D eigenvalue weighted by molar-refractivity contribution is 7.17. The van der Waals surface area contributed by atoms with E-state index in [2.05, 4.69) is 4.98 Å². The lowest BCUT2D eigenvalue weighted by Crippen LogP contribution is -2.61. The summed E-state index contributed by atoms with van der Waals surface area (Å²) in [4.78, 5) is 19.1. The number of β-amino-alcohol motifs (C(OH)–C–C–N with tert-alkyl or cyclic N) is 1. The van der Waals surface area contributed by atoms with E-state index in [1.165, 1.54) is 6.07 Å². The topological polar surface area (TPSA) is 53.4 Å². The third-order valence-corrected chi connectivity index (χ3v) is 5.86. The molecule has 1 saturated heterocycles. The number of carbonyl (C=O) groups excluding carboxylic acids is 1. The number of likely N-dealkylation sites (tertiary alicyclic amines) is 1. The van der Waals surface area contributed by atoms with Crippen LogP contribution in [0.25, 0.3) is 10.6 Å². The van der Waals surface area contributed by atoms with E-state index in [0.29, 0.717) is 21.1 Å². The van der Waals surface area contributed by atoms with Crippen LogP contribution in [0.2, 0.25) is 0 Å². The molecule has 138 valence electrons. The molecule has 1 N–H and O–H groups in total. The van der Waals surface area contributed by atoms with Crippen molar-refractivity contribution in [2.24, 2.45) is 0 Å². The average molecular weight is 386 g/mol. The molecule has 1 amide bonds. The Hall–Kier alpha value is -2.64. The zero-order chi connectivity index (χ0) is 19.2. The minimum atomic E-state index is -1.04. The molecule has 1 aliphatic heterocycles. The molecule has 0 spiro atoms. The number of thiazole rings is 1. The van der Waals surface area contributed by atoms with E-state index >= 15 is 0 Å². The minimum absolute atomic E-state index is 0.202. The van der Waals surface area contributed by atoms with Crippen LogP contribution in [0.15, 0.2) is 48.5 Å². The van der Waals surface area contributed by atoms with Gasteiger partial charge in [-0.1, -0.05) is 30.3 Å². The Bertz CT molecular complexity index is 1010. The molecule has 0 atom stereocenters. The van der Waals surface area contributed by atoms with Crippen LogP contribution in [0, 0.1) is 18.6 Å². The van der Waals surface area contributed by atoms with Gasteiger partial charge in [-0.05, 0) is 30.7 Å². The molecule has 2 aromatic carbocycles. The van der Waals surface area contributed by atoms with Crippen molar-refractivity contribution >= 4 is 17.2 Å². The number of rotatable bonds is 3. The maximum atomic E-state index is 13.5. The highest BCUT2D eigenvalue weighted by atomic mass is 32.1. The number of nitrogens with zero attached hydrogens (tertiary/aromatic N) is 2. The van der Waals surface area contributed by atoms with Crippen molar-refractivity contribution in [3.8, 4) is 10.6 Å². The lowest BCUT2D eigenvalue weighted by molar-refractivity contribution is -0.0862. The van der Waals surface area contributed by atoms with Crippen LogP contribution < -0.4 is 0 Å². The fourth-order valence-electron chi connectivity index (χ4n) is 3.15. The Kier molecular flexibility index (Phi) is 4.28. The maximum Gasteiger partial charge on any atom is 0.266 e. The Labute approximate surface area is 158 Å². The Morgan fingerprint density at radius 3 is 2.52 bits per heavy atom. The van der Waals surface area contributed by atoms with Crippen LogP contribution >= 0.6 is 11.3 Å². The van der Waals surface area contributed by atoms with E-state index in [1.807, 2.05) is 30.3 Å². The van der Waals surface area contributed by atoms with Crippen molar-refractivity contribution in [1.29, 1.82) is 0 Å². The lowest BCUT2D eigenvalue weighted by Gasteiger charge is -2.46. The summed E-state index contributed by atoms with van der Waals surface area (Å²) in [5.41, 5.74) is 0.682. The summed E-state index contributed by atoms with van der Waals surface area (Å²) in [5.74, 6) is -2.10. The van der Waals surface area contributed by atoms with Gasteiger partial charge in [-0.3, -0.25) is 4.79 Å². The first-order valence-electron chi connectivity index (χ1n) is 8.37. The van der Waals surface area contributed by atoms with Crippen LogP contribution in [-0.2, 0) is 5.60 Å². The molecule has 0 saturated carbocycles. The number of aliphatic hydroxyl groups is 1. The maximum absolute atomic E-state index is 13.5. The number of aryl methyl sites for hydroxylation is 1. The molecule has 0 radical (unpaired) electrons. The smallest absolute Gasteiger partial charge is 0.266 e. The number of carbonyl (C=O) groups is 1. The summed E-state index contributed by atoms with van der Waals surface area (Å²) in [6, 6.07) is 12.8. The fourth-order valence-corrected chi connectivity index (χ4v) is 4.18. The van der Waals surface area contributed by atoms with Gasteiger partial charge in [0.25, 0.3) is 5.91 Å². The average Bonchev–Trinajstić information content (AvgIpc) is 3.03. The van der Waals surface area contributed by atoms with Gasteiger partial charge in [0.15, 0.2) is 11.6 Å². The molecule has 1 aromatic heterocycles. The van der Waals surface area contributed by atoms with Crippen LogP contribution in [0.1, 0.15) is 20.9 Å². The second-order valence-corrected chi connectivity index (χ2v) is 7.62. The summed E-state index contributed by atoms with van der Waals surface area (Å²) in [6.45, 7) is 2.11. The molecule has 0 unspecified atom stereocenters.